The SMILES string of the molecule is O=CC1CCN(c2ccc([C@H]3C4=CC=C(O)CC4C(F)(F)C[C@H]3c3ccccc3)cn2)CC1. The van der Waals surface area contributed by atoms with Crippen LogP contribution in [0.3, 0.4) is 0 Å². The molecular formula is C27H28F2N2O2. The Balaban J connectivity index is 1.50. The highest BCUT2D eigenvalue weighted by Gasteiger charge is 2.53. The number of piperidine rings is 1. The predicted molar refractivity (Wildman–Crippen MR) is 124 cm³/mol. The maximum Gasteiger partial charge on any atom is 0.255 e. The molecule has 1 aromatic heterocycles. The number of nitrogens with zero attached hydrogens (tertiary/aromatic N) is 2. The van der Waals surface area contributed by atoms with Gasteiger partial charge in [-0.15, -0.1) is 0 Å². The van der Waals surface area contributed by atoms with Gasteiger partial charge in [0.25, 0.3) is 5.92 Å². The zero-order valence-electron chi connectivity index (χ0n) is 18.4. The number of aliphatic hydroxyl groups is 1. The average molecular weight is 451 g/mol. The van der Waals surface area contributed by atoms with E-state index in [4.69, 9.17) is 4.98 Å². The summed E-state index contributed by atoms with van der Waals surface area (Å²) >= 11 is 0. The number of rotatable bonds is 4. The normalized spacial score (nSPS) is 27.3. The molecule has 1 N–H and O–H groups in total. The van der Waals surface area contributed by atoms with Gasteiger partial charge >= 0.3 is 0 Å². The average Bonchev–Trinajstić information content (AvgIpc) is 2.85. The number of benzene rings is 1. The van der Waals surface area contributed by atoms with Crippen molar-refractivity contribution in [2.24, 2.45) is 11.8 Å². The van der Waals surface area contributed by atoms with Crippen LogP contribution in [0.5, 0.6) is 0 Å². The number of hydrogen-bond donors (Lipinski definition) is 1. The molecule has 2 aromatic rings. The molecule has 1 saturated carbocycles. The second-order valence-electron chi connectivity index (χ2n) is 9.45. The number of anilines is 1. The molecule has 5 rings (SSSR count). The highest BCUT2D eigenvalue weighted by atomic mass is 19.3. The summed E-state index contributed by atoms with van der Waals surface area (Å²) in [7, 11) is 0. The van der Waals surface area contributed by atoms with Crippen LogP contribution in [-0.2, 0) is 4.79 Å². The molecule has 6 heteroatoms. The van der Waals surface area contributed by atoms with Gasteiger partial charge in [0, 0.05) is 49.9 Å². The van der Waals surface area contributed by atoms with E-state index in [1.165, 1.54) is 0 Å². The fourth-order valence-corrected chi connectivity index (χ4v) is 5.67. The lowest BCUT2D eigenvalue weighted by atomic mass is 9.62. The van der Waals surface area contributed by atoms with Crippen LogP contribution < -0.4 is 4.90 Å². The number of aromatic nitrogens is 1. The van der Waals surface area contributed by atoms with Crippen molar-refractivity contribution in [2.45, 2.75) is 43.4 Å². The quantitative estimate of drug-likeness (QED) is 0.599. The summed E-state index contributed by atoms with van der Waals surface area (Å²) in [6.45, 7) is 1.57. The molecule has 3 atom stereocenters. The minimum Gasteiger partial charge on any atom is -0.512 e. The van der Waals surface area contributed by atoms with Crippen molar-refractivity contribution >= 4 is 12.1 Å². The predicted octanol–water partition coefficient (Wildman–Crippen LogP) is 5.79. The largest absolute Gasteiger partial charge is 0.512 e. The molecule has 172 valence electrons. The van der Waals surface area contributed by atoms with Crippen LogP contribution in [0.4, 0.5) is 14.6 Å². The van der Waals surface area contributed by atoms with Gasteiger partial charge in [0.05, 0.1) is 11.7 Å². The van der Waals surface area contributed by atoms with Gasteiger partial charge in [0.2, 0.25) is 0 Å². The number of aldehydes is 1. The lowest BCUT2D eigenvalue weighted by Gasteiger charge is -2.45. The van der Waals surface area contributed by atoms with Crippen molar-refractivity contribution in [3.8, 4) is 0 Å². The first-order valence-corrected chi connectivity index (χ1v) is 11.6. The van der Waals surface area contributed by atoms with Gasteiger partial charge in [-0.1, -0.05) is 48.0 Å². The van der Waals surface area contributed by atoms with Gasteiger partial charge in [-0.25, -0.2) is 13.8 Å². The highest BCUT2D eigenvalue weighted by molar-refractivity contribution is 5.55. The fraction of sp³-hybridized carbons (Fsp3) is 0.407. The Bertz CT molecular complexity index is 1060. The Labute approximate surface area is 192 Å². The molecule has 2 fully saturated rings. The molecule has 1 unspecified atom stereocenters. The fourth-order valence-electron chi connectivity index (χ4n) is 5.67. The maximum atomic E-state index is 15.3. The lowest BCUT2D eigenvalue weighted by molar-refractivity contribution is -0.111. The number of aliphatic hydroxyl groups excluding tert-OH is 1. The minimum absolute atomic E-state index is 0.00698. The topological polar surface area (TPSA) is 53.4 Å². The summed E-state index contributed by atoms with van der Waals surface area (Å²) in [4.78, 5) is 17.9. The summed E-state index contributed by atoms with van der Waals surface area (Å²) in [5, 5.41) is 9.98. The number of carbonyl (C=O) groups excluding carboxylic acids is 1. The molecule has 0 bridgehead atoms. The second-order valence-corrected chi connectivity index (χ2v) is 9.45. The lowest BCUT2D eigenvalue weighted by Crippen LogP contribution is -2.41. The zero-order chi connectivity index (χ0) is 23.0. The van der Waals surface area contributed by atoms with E-state index in [1.54, 1.807) is 12.2 Å². The van der Waals surface area contributed by atoms with Crippen LogP contribution in [0, 0.1) is 11.8 Å². The second kappa shape index (κ2) is 8.73. The van der Waals surface area contributed by atoms with Crippen molar-refractivity contribution in [3.05, 3.63) is 83.3 Å². The number of allylic oxidation sites excluding steroid dienone is 4. The van der Waals surface area contributed by atoms with Crippen molar-refractivity contribution < 1.29 is 18.7 Å². The van der Waals surface area contributed by atoms with Crippen molar-refractivity contribution in [2.75, 3.05) is 18.0 Å². The molecule has 4 nitrogen and oxygen atoms in total. The van der Waals surface area contributed by atoms with Gasteiger partial charge in [-0.3, -0.25) is 0 Å². The van der Waals surface area contributed by atoms with E-state index >= 15 is 8.78 Å². The summed E-state index contributed by atoms with van der Waals surface area (Å²) in [5.74, 6) is -3.54. The maximum absolute atomic E-state index is 15.3. The molecule has 1 saturated heterocycles. The van der Waals surface area contributed by atoms with Gasteiger partial charge in [-0.05, 0) is 36.1 Å². The Kier molecular flexibility index (Phi) is 5.77. The third-order valence-corrected chi connectivity index (χ3v) is 7.46. The van der Waals surface area contributed by atoms with Crippen LogP contribution in [-0.4, -0.2) is 35.4 Å². The number of fused-ring (bicyclic) bond motifs is 1. The van der Waals surface area contributed by atoms with Gasteiger partial charge in [0.1, 0.15) is 12.1 Å². The number of carbonyl (C=O) groups is 1. The Morgan fingerprint density at radius 3 is 2.45 bits per heavy atom. The molecule has 1 aliphatic heterocycles. The van der Waals surface area contributed by atoms with Crippen LogP contribution >= 0.6 is 0 Å². The van der Waals surface area contributed by atoms with Crippen molar-refractivity contribution in [3.63, 3.8) is 0 Å². The first-order chi connectivity index (χ1) is 16.0. The van der Waals surface area contributed by atoms with Crippen LogP contribution in [0.1, 0.15) is 48.6 Å². The zero-order valence-corrected chi connectivity index (χ0v) is 18.4. The van der Waals surface area contributed by atoms with E-state index in [2.05, 4.69) is 4.90 Å². The van der Waals surface area contributed by atoms with Crippen LogP contribution in [0.25, 0.3) is 0 Å². The summed E-state index contributed by atoms with van der Waals surface area (Å²) in [5.41, 5.74) is 2.47. The molecule has 0 amide bonds. The van der Waals surface area contributed by atoms with Crippen molar-refractivity contribution in [1.82, 2.24) is 4.98 Å². The minimum atomic E-state index is -2.90. The number of pyridine rings is 1. The highest BCUT2D eigenvalue weighted by Crippen LogP contribution is 2.57. The van der Waals surface area contributed by atoms with Crippen LogP contribution in [0.2, 0.25) is 0 Å². The van der Waals surface area contributed by atoms with E-state index in [0.29, 0.717) is 5.57 Å². The first kappa shape index (κ1) is 21.8. The first-order valence-electron chi connectivity index (χ1n) is 11.6. The summed E-state index contributed by atoms with van der Waals surface area (Å²) < 4.78 is 30.6. The summed E-state index contributed by atoms with van der Waals surface area (Å²) in [6, 6.07) is 13.5. The Morgan fingerprint density at radius 2 is 1.79 bits per heavy atom. The molecule has 1 aromatic carbocycles. The van der Waals surface area contributed by atoms with Gasteiger partial charge in [-0.2, -0.15) is 0 Å². The number of halogens is 2. The summed E-state index contributed by atoms with van der Waals surface area (Å²) in [6.07, 6.45) is 7.46. The van der Waals surface area contributed by atoms with Gasteiger partial charge in [0.15, 0.2) is 0 Å². The van der Waals surface area contributed by atoms with E-state index in [9.17, 15) is 9.90 Å². The van der Waals surface area contributed by atoms with E-state index < -0.39 is 11.8 Å². The third-order valence-electron chi connectivity index (χ3n) is 7.46. The molecular weight excluding hydrogens is 422 g/mol. The molecule has 3 aliphatic rings. The smallest absolute Gasteiger partial charge is 0.255 e. The van der Waals surface area contributed by atoms with Gasteiger partial charge < -0.3 is 14.8 Å². The number of alkyl halides is 2. The molecule has 2 aliphatic carbocycles. The molecule has 33 heavy (non-hydrogen) atoms. The Morgan fingerprint density at radius 1 is 1.03 bits per heavy atom. The molecule has 0 spiro atoms. The van der Waals surface area contributed by atoms with E-state index in [1.807, 2.05) is 48.7 Å². The third kappa shape index (κ3) is 4.19. The monoisotopic (exact) mass is 450 g/mol. The van der Waals surface area contributed by atoms with Crippen LogP contribution in [0.15, 0.2) is 72.1 Å². The Hall–Kier alpha value is -3.02. The van der Waals surface area contributed by atoms with E-state index in [0.717, 1.165) is 49.2 Å². The van der Waals surface area contributed by atoms with E-state index in [-0.39, 0.29) is 36.4 Å². The van der Waals surface area contributed by atoms with Crippen molar-refractivity contribution in [1.29, 1.82) is 0 Å². The standard InChI is InChI=1S/C27H28F2N2O2/c28-27(29)15-23(19-4-2-1-3-5-19)26(22-8-7-21(33)14-24(22)27)20-6-9-25(30-16-20)31-12-10-18(17-32)11-13-31/h1-9,16-18,23-24,26,33H,10-15H2/t23-,24?,26-/m0/s1. The molecule has 0 radical (unpaired) electrons. The number of hydrogen-bond acceptors (Lipinski definition) is 4. The molecule has 2 heterocycles.